The first kappa shape index (κ1) is 53.6. The molecular formula is C86H74. The third kappa shape index (κ3) is 8.23. The summed E-state index contributed by atoms with van der Waals surface area (Å²) in [5.41, 5.74) is 20.2. The van der Waals surface area contributed by atoms with Crippen LogP contribution >= 0.6 is 0 Å². The smallest absolute Gasteiger partial charge is 0.000116 e. The summed E-state index contributed by atoms with van der Waals surface area (Å²) in [6.45, 7) is 28.5. The average molecular weight is 1110 g/mol. The molecule has 0 saturated heterocycles. The van der Waals surface area contributed by atoms with Gasteiger partial charge in [0.25, 0.3) is 0 Å². The Morgan fingerprint density at radius 3 is 0.663 bits per heavy atom. The molecule has 0 spiro atoms. The molecule has 0 aliphatic heterocycles. The standard InChI is InChI=1S/C86H74/c1-83(2,3)57-45-55(46-58(49-57)84(4,5)6)71-63-39-27-28-40-64(63)72(56-47-59(85(7,8)9)50-60(48-56)86(10,11)12)78-66-42-44-68-76-67(43-41-65(75(66)76)77(71)78)79-73(53-33-21-15-22-34-53)81-69(51-29-17-13-18-30-51)61-37-25-26-38-62(61)70(52-31-19-14-20-32-52)82(81)74(80(68)79)54-35-23-16-24-36-54/h13-50H,1-12H3. The second kappa shape index (κ2) is 19.2. The summed E-state index contributed by atoms with van der Waals surface area (Å²) in [5.74, 6) is 0. The van der Waals surface area contributed by atoms with Gasteiger partial charge in [0.1, 0.15) is 0 Å². The van der Waals surface area contributed by atoms with Crippen molar-refractivity contribution in [3.63, 3.8) is 0 Å². The highest BCUT2D eigenvalue weighted by Crippen LogP contribution is 2.53. The van der Waals surface area contributed by atoms with Gasteiger partial charge in [0.05, 0.1) is 0 Å². The zero-order chi connectivity index (χ0) is 59.3. The molecule has 418 valence electrons. The molecule has 0 saturated carbocycles. The van der Waals surface area contributed by atoms with Crippen LogP contribution < -0.4 is 0 Å². The zero-order valence-electron chi connectivity index (χ0n) is 51.9. The molecule has 0 N–H and O–H groups in total. The highest BCUT2D eigenvalue weighted by molar-refractivity contribution is 6.28. The quantitative estimate of drug-likeness (QED) is 0.146. The molecule has 0 heteroatoms. The Kier molecular flexibility index (Phi) is 12.0. The largest absolute Gasteiger partial charge is 0.0622 e. The lowest BCUT2D eigenvalue weighted by Gasteiger charge is -2.28. The first-order chi connectivity index (χ1) is 41.3. The van der Waals surface area contributed by atoms with Crippen LogP contribution in [-0.4, -0.2) is 0 Å². The average Bonchev–Trinajstić information content (AvgIpc) is 1.59. The van der Waals surface area contributed by atoms with Gasteiger partial charge in [-0.1, -0.05) is 314 Å². The van der Waals surface area contributed by atoms with E-state index in [2.05, 4.69) is 314 Å². The van der Waals surface area contributed by atoms with E-state index in [9.17, 15) is 0 Å². The zero-order valence-corrected chi connectivity index (χ0v) is 51.9. The molecule has 0 bridgehead atoms. The van der Waals surface area contributed by atoms with E-state index < -0.39 is 0 Å². The van der Waals surface area contributed by atoms with Gasteiger partial charge in [-0.15, -0.1) is 0 Å². The fourth-order valence-electron chi connectivity index (χ4n) is 14.8. The van der Waals surface area contributed by atoms with Crippen molar-refractivity contribution in [2.24, 2.45) is 0 Å². The first-order valence-corrected chi connectivity index (χ1v) is 31.1. The van der Waals surface area contributed by atoms with Crippen LogP contribution in [0.3, 0.4) is 0 Å². The van der Waals surface area contributed by atoms with Crippen molar-refractivity contribution in [3.8, 4) is 66.8 Å². The summed E-state index contributed by atoms with van der Waals surface area (Å²) in [6, 6.07) is 88.9. The topological polar surface area (TPSA) is 0 Å². The second-order valence-corrected chi connectivity index (χ2v) is 28.7. The molecule has 0 unspecified atom stereocenters. The molecule has 0 nitrogen and oxygen atoms in total. The van der Waals surface area contributed by atoms with Crippen LogP contribution in [0.25, 0.3) is 110 Å². The van der Waals surface area contributed by atoms with Gasteiger partial charge in [-0.3, -0.25) is 0 Å². The van der Waals surface area contributed by atoms with Crippen molar-refractivity contribution in [3.05, 3.63) is 295 Å². The second-order valence-electron chi connectivity index (χ2n) is 28.7. The van der Waals surface area contributed by atoms with Crippen LogP contribution in [0, 0.1) is 41.7 Å². The number of hydrogen-bond acceptors (Lipinski definition) is 0. The van der Waals surface area contributed by atoms with E-state index in [1.807, 2.05) is 0 Å². The van der Waals surface area contributed by atoms with Crippen LogP contribution in [-0.2, 0) is 21.7 Å². The summed E-state index contributed by atoms with van der Waals surface area (Å²) in [6.07, 6.45) is 0. The van der Waals surface area contributed by atoms with Gasteiger partial charge >= 0.3 is 0 Å². The predicted octanol–water partition coefficient (Wildman–Crippen LogP) is 23.3. The Bertz CT molecular complexity index is 5030. The highest BCUT2D eigenvalue weighted by Gasteiger charge is 2.31. The maximum absolute atomic E-state index is 2.54. The predicted molar refractivity (Wildman–Crippen MR) is 367 cm³/mol. The van der Waals surface area contributed by atoms with Crippen LogP contribution in [0.4, 0.5) is 0 Å². The minimum absolute atomic E-state index is 0.0773. The molecular weight excluding hydrogens is 1030 g/mol. The molecule has 0 heterocycles. The van der Waals surface area contributed by atoms with Crippen LogP contribution in [0.5, 0.6) is 0 Å². The number of rotatable bonds is 6. The molecule has 0 radical (unpaired) electrons. The molecule has 2 aliphatic carbocycles. The Hall–Kier alpha value is -9.10. The minimum Gasteiger partial charge on any atom is -0.0622 e. The van der Waals surface area contributed by atoms with E-state index in [-0.39, 0.29) is 21.7 Å². The van der Waals surface area contributed by atoms with E-state index in [1.54, 1.807) is 0 Å². The maximum atomic E-state index is 2.54. The van der Waals surface area contributed by atoms with E-state index in [0.29, 0.717) is 0 Å². The van der Waals surface area contributed by atoms with Crippen molar-refractivity contribution < 1.29 is 0 Å². The summed E-state index contributed by atoms with van der Waals surface area (Å²) in [5, 5.41) is 20.7. The number of fused-ring (bicyclic) bond motifs is 5. The van der Waals surface area contributed by atoms with Crippen molar-refractivity contribution in [2.75, 3.05) is 0 Å². The molecule has 86 heavy (non-hydrogen) atoms. The molecule has 0 fully saturated rings. The summed E-state index contributed by atoms with van der Waals surface area (Å²) in [4.78, 5) is 0. The lowest BCUT2D eigenvalue weighted by molar-refractivity contribution is 0.568. The normalized spacial score (nSPS) is 12.9. The Labute approximate surface area is 506 Å². The van der Waals surface area contributed by atoms with Crippen molar-refractivity contribution in [2.45, 2.75) is 105 Å². The highest BCUT2D eigenvalue weighted by atomic mass is 14.3. The molecule has 0 amide bonds. The van der Waals surface area contributed by atoms with E-state index in [4.69, 9.17) is 0 Å². The van der Waals surface area contributed by atoms with Gasteiger partial charge < -0.3 is 0 Å². The summed E-state index contributed by atoms with van der Waals surface area (Å²) in [7, 11) is 0. The van der Waals surface area contributed by atoms with Crippen molar-refractivity contribution in [1.29, 1.82) is 0 Å². The Balaban J connectivity index is 1.27. The van der Waals surface area contributed by atoms with Crippen molar-refractivity contribution in [1.82, 2.24) is 0 Å². The summed E-state index contributed by atoms with van der Waals surface area (Å²) < 4.78 is 0. The van der Waals surface area contributed by atoms with Gasteiger partial charge in [0.15, 0.2) is 0 Å². The van der Waals surface area contributed by atoms with Gasteiger partial charge in [-0.25, -0.2) is 0 Å². The Morgan fingerprint density at radius 1 is 0.186 bits per heavy atom. The SMILES string of the molecule is CC(C)(C)c1cc(-c2c3c(c(-c4cc(C(C)(C)C)cc(C(C)(C)C)c4)c4ccccc24)=c2ccc4c5c(ccc=3c25)=c2c(-c3ccccc3)c3c(-c5ccccc5)c5ccccc5c(-c5ccccc5)c3c(-c3ccccc3)c2=4)cc(C(C)(C)C)c1. The van der Waals surface area contributed by atoms with E-state index >= 15 is 0 Å². The molecule has 13 aromatic rings. The van der Waals surface area contributed by atoms with E-state index in [1.165, 1.54) is 174 Å². The fraction of sp³-hybridized carbons (Fsp3) is 0.186. The van der Waals surface area contributed by atoms with Gasteiger partial charge in [-0.05, 0) is 196 Å². The third-order valence-electron chi connectivity index (χ3n) is 19.1. The molecule has 13 aromatic carbocycles. The van der Waals surface area contributed by atoms with Crippen LogP contribution in [0.15, 0.2) is 231 Å². The third-order valence-corrected chi connectivity index (χ3v) is 19.1. The minimum atomic E-state index is -0.0773. The molecule has 0 atom stereocenters. The fourth-order valence-corrected chi connectivity index (χ4v) is 14.8. The van der Waals surface area contributed by atoms with Gasteiger partial charge in [0.2, 0.25) is 0 Å². The maximum Gasteiger partial charge on any atom is -0.000116 e. The molecule has 15 rings (SSSR count). The number of benzene rings is 13. The van der Waals surface area contributed by atoms with Gasteiger partial charge in [0, 0.05) is 0 Å². The molecule has 2 aliphatic rings. The van der Waals surface area contributed by atoms with Gasteiger partial charge in [-0.2, -0.15) is 0 Å². The summed E-state index contributed by atoms with van der Waals surface area (Å²) >= 11 is 0. The van der Waals surface area contributed by atoms with E-state index in [0.717, 1.165) is 0 Å². The van der Waals surface area contributed by atoms with Crippen molar-refractivity contribution >= 4 is 43.1 Å². The number of hydrogen-bond donors (Lipinski definition) is 0. The Morgan fingerprint density at radius 2 is 0.407 bits per heavy atom. The lowest BCUT2D eigenvalue weighted by atomic mass is 9.77. The monoisotopic (exact) mass is 1110 g/mol. The lowest BCUT2D eigenvalue weighted by Crippen LogP contribution is -2.17. The first-order valence-electron chi connectivity index (χ1n) is 31.1. The molecule has 0 aromatic heterocycles. The van der Waals surface area contributed by atoms with Crippen LogP contribution in [0.2, 0.25) is 0 Å². The van der Waals surface area contributed by atoms with Crippen LogP contribution in [0.1, 0.15) is 105 Å².